The van der Waals surface area contributed by atoms with Crippen LogP contribution in [0.15, 0.2) is 17.5 Å². The van der Waals surface area contributed by atoms with Crippen molar-refractivity contribution >= 4 is 17.2 Å². The lowest BCUT2D eigenvalue weighted by Crippen LogP contribution is -2.42. The van der Waals surface area contributed by atoms with E-state index in [-0.39, 0.29) is 12.5 Å². The molecule has 0 aliphatic carbocycles. The molecule has 2 aromatic rings. The molecule has 0 saturated carbocycles. The van der Waals surface area contributed by atoms with Crippen molar-refractivity contribution in [1.82, 2.24) is 25.1 Å². The van der Waals surface area contributed by atoms with Gasteiger partial charge in [0.05, 0.1) is 11.4 Å². The van der Waals surface area contributed by atoms with E-state index in [0.29, 0.717) is 18.3 Å². The Labute approximate surface area is 132 Å². The van der Waals surface area contributed by atoms with Gasteiger partial charge in [-0.3, -0.25) is 4.79 Å². The lowest BCUT2D eigenvalue weighted by atomic mass is 9.98. The van der Waals surface area contributed by atoms with E-state index in [0.717, 1.165) is 30.8 Å². The van der Waals surface area contributed by atoms with Crippen LogP contribution in [-0.2, 0) is 16.1 Å². The van der Waals surface area contributed by atoms with Crippen LogP contribution in [0.25, 0.3) is 10.7 Å². The summed E-state index contributed by atoms with van der Waals surface area (Å²) in [5.41, 5.74) is 0. The summed E-state index contributed by atoms with van der Waals surface area (Å²) >= 11 is 1.60. The van der Waals surface area contributed by atoms with Crippen molar-refractivity contribution in [1.29, 1.82) is 0 Å². The van der Waals surface area contributed by atoms with Gasteiger partial charge in [0.1, 0.15) is 6.61 Å². The topological polar surface area (TPSA) is 73.1 Å². The Hall–Kier alpha value is -1.80. The second kappa shape index (κ2) is 6.97. The molecule has 3 rings (SSSR count). The molecule has 2 aromatic heterocycles. The van der Waals surface area contributed by atoms with E-state index in [1.807, 2.05) is 22.4 Å². The number of amides is 1. The Morgan fingerprint density at radius 1 is 1.55 bits per heavy atom. The minimum Gasteiger partial charge on any atom is -0.375 e. The molecule has 1 amide bonds. The van der Waals surface area contributed by atoms with Crippen LogP contribution in [-0.4, -0.2) is 57.8 Å². The molecule has 0 radical (unpaired) electrons. The Morgan fingerprint density at radius 2 is 2.45 bits per heavy atom. The van der Waals surface area contributed by atoms with Gasteiger partial charge in [0.25, 0.3) is 0 Å². The van der Waals surface area contributed by atoms with Crippen molar-refractivity contribution in [3.05, 3.63) is 17.5 Å². The number of piperidine rings is 1. The molecule has 1 fully saturated rings. The smallest absolute Gasteiger partial charge is 0.248 e. The number of nitrogens with zero attached hydrogens (tertiary/aromatic N) is 5. The number of likely N-dealkylation sites (tertiary alicyclic amines) is 1. The average Bonchev–Trinajstić information content (AvgIpc) is 3.18. The standard InChI is InChI=1S/C14H19N5O2S/c1-21-10-13(20)18-6-2-4-11(8-18)9-19-16-14(15-17-19)12-5-3-7-22-12/h3,5,7,11H,2,4,6,8-10H2,1H3/t11-/m1/s1. The van der Waals surface area contributed by atoms with Crippen LogP contribution in [0.3, 0.4) is 0 Å². The third-order valence-electron chi connectivity index (χ3n) is 3.76. The lowest BCUT2D eigenvalue weighted by Gasteiger charge is -2.32. The summed E-state index contributed by atoms with van der Waals surface area (Å²) in [7, 11) is 1.55. The normalized spacial score (nSPS) is 18.6. The molecule has 0 bridgehead atoms. The molecular formula is C14H19N5O2S. The molecule has 0 aromatic carbocycles. The van der Waals surface area contributed by atoms with Crippen molar-refractivity contribution in [2.24, 2.45) is 5.92 Å². The van der Waals surface area contributed by atoms with Gasteiger partial charge in [-0.2, -0.15) is 4.80 Å². The highest BCUT2D eigenvalue weighted by Gasteiger charge is 2.24. The first-order valence-corrected chi connectivity index (χ1v) is 8.22. The molecule has 8 heteroatoms. The van der Waals surface area contributed by atoms with E-state index in [1.165, 1.54) is 0 Å². The Bertz CT molecular complexity index is 613. The number of ether oxygens (including phenoxy) is 1. The number of rotatable bonds is 5. The molecule has 3 heterocycles. The number of hydrogen-bond acceptors (Lipinski definition) is 6. The van der Waals surface area contributed by atoms with Gasteiger partial charge in [0, 0.05) is 20.2 Å². The minimum absolute atomic E-state index is 0.0537. The molecule has 0 N–H and O–H groups in total. The van der Waals surface area contributed by atoms with Gasteiger partial charge in [-0.1, -0.05) is 6.07 Å². The first kappa shape index (κ1) is 15.1. The quantitative estimate of drug-likeness (QED) is 0.829. The predicted octanol–water partition coefficient (Wildman–Crippen LogP) is 1.29. The van der Waals surface area contributed by atoms with E-state index >= 15 is 0 Å². The zero-order valence-corrected chi connectivity index (χ0v) is 13.3. The van der Waals surface area contributed by atoms with Crippen molar-refractivity contribution in [2.45, 2.75) is 19.4 Å². The van der Waals surface area contributed by atoms with Gasteiger partial charge >= 0.3 is 0 Å². The number of carbonyl (C=O) groups excluding carboxylic acids is 1. The summed E-state index contributed by atoms with van der Waals surface area (Å²) in [5.74, 6) is 1.08. The Kier molecular flexibility index (Phi) is 4.79. The summed E-state index contributed by atoms with van der Waals surface area (Å²) in [4.78, 5) is 16.4. The van der Waals surface area contributed by atoms with Crippen LogP contribution in [0.2, 0.25) is 0 Å². The maximum atomic E-state index is 11.9. The molecule has 1 aliphatic rings. The zero-order chi connectivity index (χ0) is 15.4. The highest BCUT2D eigenvalue weighted by Crippen LogP contribution is 2.21. The number of carbonyl (C=O) groups is 1. The van der Waals surface area contributed by atoms with Crippen molar-refractivity contribution in [3.8, 4) is 10.7 Å². The lowest BCUT2D eigenvalue weighted by molar-refractivity contribution is -0.137. The van der Waals surface area contributed by atoms with Crippen molar-refractivity contribution < 1.29 is 9.53 Å². The summed E-state index contributed by atoms with van der Waals surface area (Å²) in [6.07, 6.45) is 2.08. The highest BCUT2D eigenvalue weighted by molar-refractivity contribution is 7.13. The molecule has 1 saturated heterocycles. The fourth-order valence-electron chi connectivity index (χ4n) is 2.71. The maximum absolute atomic E-state index is 11.9. The van der Waals surface area contributed by atoms with E-state index in [2.05, 4.69) is 15.4 Å². The van der Waals surface area contributed by atoms with E-state index in [1.54, 1.807) is 23.2 Å². The van der Waals surface area contributed by atoms with Crippen molar-refractivity contribution in [3.63, 3.8) is 0 Å². The zero-order valence-electron chi connectivity index (χ0n) is 12.5. The number of methoxy groups -OCH3 is 1. The second-order valence-electron chi connectivity index (χ2n) is 5.43. The van der Waals surface area contributed by atoms with Gasteiger partial charge in [-0.15, -0.1) is 21.5 Å². The van der Waals surface area contributed by atoms with Crippen LogP contribution in [0.1, 0.15) is 12.8 Å². The molecule has 0 spiro atoms. The van der Waals surface area contributed by atoms with Crippen LogP contribution in [0.4, 0.5) is 0 Å². The first-order valence-electron chi connectivity index (χ1n) is 7.34. The van der Waals surface area contributed by atoms with E-state index in [9.17, 15) is 4.79 Å². The van der Waals surface area contributed by atoms with Crippen LogP contribution < -0.4 is 0 Å². The third-order valence-corrected chi connectivity index (χ3v) is 4.62. The summed E-state index contributed by atoms with van der Waals surface area (Å²) in [6, 6.07) is 3.96. The Morgan fingerprint density at radius 3 is 3.23 bits per heavy atom. The number of thiophene rings is 1. The second-order valence-corrected chi connectivity index (χ2v) is 6.37. The van der Waals surface area contributed by atoms with Crippen molar-refractivity contribution in [2.75, 3.05) is 26.8 Å². The molecule has 1 atom stereocenters. The van der Waals surface area contributed by atoms with E-state index in [4.69, 9.17) is 4.74 Å². The average molecular weight is 321 g/mol. The Balaban J connectivity index is 1.60. The third kappa shape index (κ3) is 3.50. The van der Waals surface area contributed by atoms with Gasteiger partial charge in [-0.05, 0) is 35.4 Å². The van der Waals surface area contributed by atoms with E-state index < -0.39 is 0 Å². The molecule has 0 unspecified atom stereocenters. The fraction of sp³-hybridized carbons (Fsp3) is 0.571. The molecule has 7 nitrogen and oxygen atoms in total. The van der Waals surface area contributed by atoms with Gasteiger partial charge in [0.2, 0.25) is 11.7 Å². The number of aromatic nitrogens is 4. The largest absolute Gasteiger partial charge is 0.375 e. The summed E-state index contributed by atoms with van der Waals surface area (Å²) < 4.78 is 4.93. The molecular weight excluding hydrogens is 302 g/mol. The molecule has 118 valence electrons. The number of hydrogen-bond donors (Lipinski definition) is 0. The summed E-state index contributed by atoms with van der Waals surface area (Å²) in [6.45, 7) is 2.38. The van der Waals surface area contributed by atoms with Gasteiger partial charge in [0.15, 0.2) is 0 Å². The first-order chi connectivity index (χ1) is 10.8. The predicted molar refractivity (Wildman–Crippen MR) is 82.3 cm³/mol. The SMILES string of the molecule is COCC(=O)N1CCC[C@@H](Cn2nnc(-c3cccs3)n2)C1. The molecule has 1 aliphatic heterocycles. The monoisotopic (exact) mass is 321 g/mol. The van der Waals surface area contributed by atoms with Gasteiger partial charge in [-0.25, -0.2) is 0 Å². The maximum Gasteiger partial charge on any atom is 0.248 e. The minimum atomic E-state index is 0.0537. The molecule has 22 heavy (non-hydrogen) atoms. The van der Waals surface area contributed by atoms with Crippen LogP contribution >= 0.6 is 11.3 Å². The summed E-state index contributed by atoms with van der Waals surface area (Å²) in [5, 5.41) is 14.7. The highest BCUT2D eigenvalue weighted by atomic mass is 32.1. The van der Waals surface area contributed by atoms with Crippen LogP contribution in [0, 0.1) is 5.92 Å². The number of tetrazole rings is 1. The van der Waals surface area contributed by atoms with Gasteiger partial charge < -0.3 is 9.64 Å². The van der Waals surface area contributed by atoms with Crippen LogP contribution in [0.5, 0.6) is 0 Å². The fourth-order valence-corrected chi connectivity index (χ4v) is 3.36.